The zero-order chi connectivity index (χ0) is 19.6. The Morgan fingerprint density at radius 1 is 1.03 bits per heavy atom. The van der Waals surface area contributed by atoms with Crippen LogP contribution in [0.25, 0.3) is 11.1 Å². The molecule has 0 N–H and O–H groups in total. The van der Waals surface area contributed by atoms with E-state index in [1.807, 2.05) is 36.0 Å². The van der Waals surface area contributed by atoms with Gasteiger partial charge in [0.2, 0.25) is 5.91 Å². The van der Waals surface area contributed by atoms with E-state index >= 15 is 0 Å². The molecule has 0 aliphatic carbocycles. The Hall–Kier alpha value is -1.73. The normalized spacial score (nSPS) is 24.9. The molecule has 3 fully saturated rings. The number of amides is 1. The third kappa shape index (κ3) is 4.12. The van der Waals surface area contributed by atoms with Crippen LogP contribution in [0.5, 0.6) is 0 Å². The van der Waals surface area contributed by atoms with Gasteiger partial charge < -0.3 is 14.2 Å². The second-order valence-electron chi connectivity index (χ2n) is 8.45. The molecule has 2 aromatic rings. The van der Waals surface area contributed by atoms with Crippen molar-refractivity contribution in [1.82, 2.24) is 14.8 Å². The maximum Gasteiger partial charge on any atom is 0.298 e. The predicted octanol–water partition coefficient (Wildman–Crippen LogP) is 3.08. The predicted molar refractivity (Wildman–Crippen MR) is 117 cm³/mol. The minimum absolute atomic E-state index is 0.196. The van der Waals surface area contributed by atoms with Crippen LogP contribution in [0.3, 0.4) is 0 Å². The van der Waals surface area contributed by atoms with E-state index in [0.29, 0.717) is 11.9 Å². The number of aromatic nitrogens is 1. The molecule has 3 aliphatic rings. The fourth-order valence-electron chi connectivity index (χ4n) is 5.00. The van der Waals surface area contributed by atoms with E-state index < -0.39 is 0 Å². The largest absolute Gasteiger partial charge is 0.423 e. The summed E-state index contributed by atoms with van der Waals surface area (Å²) < 4.78 is 5.95. The lowest BCUT2D eigenvalue weighted by atomic mass is 9.93. The molecule has 3 saturated heterocycles. The van der Waals surface area contributed by atoms with E-state index in [2.05, 4.69) is 19.7 Å². The van der Waals surface area contributed by atoms with Crippen molar-refractivity contribution in [2.24, 2.45) is 5.92 Å². The van der Waals surface area contributed by atoms with Crippen molar-refractivity contribution in [3.05, 3.63) is 24.3 Å². The van der Waals surface area contributed by atoms with E-state index in [1.165, 1.54) is 0 Å². The molecule has 5 rings (SSSR count). The maximum absolute atomic E-state index is 13.0. The monoisotopic (exact) mass is 414 g/mol. The van der Waals surface area contributed by atoms with Gasteiger partial charge in [0.05, 0.1) is 5.92 Å². The molecule has 1 atom stereocenters. The molecule has 29 heavy (non-hydrogen) atoms. The summed E-state index contributed by atoms with van der Waals surface area (Å²) in [5.41, 5.74) is 1.79. The number of anilines is 1. The molecule has 0 radical (unpaired) electrons. The average Bonchev–Trinajstić information content (AvgIpc) is 3.24. The Morgan fingerprint density at radius 3 is 2.62 bits per heavy atom. The number of rotatable bonds is 3. The van der Waals surface area contributed by atoms with E-state index in [4.69, 9.17) is 4.42 Å². The fraction of sp³-hybridized carbons (Fsp3) is 0.636. The highest BCUT2D eigenvalue weighted by Crippen LogP contribution is 2.29. The number of oxazole rings is 1. The van der Waals surface area contributed by atoms with Crippen LogP contribution in [0.15, 0.2) is 28.7 Å². The van der Waals surface area contributed by atoms with Crippen molar-refractivity contribution in [2.45, 2.75) is 31.7 Å². The van der Waals surface area contributed by atoms with Crippen LogP contribution < -0.4 is 4.90 Å². The summed E-state index contributed by atoms with van der Waals surface area (Å²) in [4.78, 5) is 24.6. The summed E-state index contributed by atoms with van der Waals surface area (Å²) in [5, 5.41) is 0. The van der Waals surface area contributed by atoms with Crippen LogP contribution in [0.4, 0.5) is 6.01 Å². The smallest absolute Gasteiger partial charge is 0.298 e. The van der Waals surface area contributed by atoms with Crippen LogP contribution in [0, 0.1) is 5.92 Å². The number of benzene rings is 1. The third-order valence-electron chi connectivity index (χ3n) is 6.66. The summed E-state index contributed by atoms with van der Waals surface area (Å²) in [6.07, 6.45) is 4.42. The van der Waals surface area contributed by atoms with Crippen LogP contribution in [-0.2, 0) is 4.79 Å². The average molecular weight is 415 g/mol. The van der Waals surface area contributed by atoms with Crippen LogP contribution >= 0.6 is 11.8 Å². The molecule has 3 aliphatic heterocycles. The Labute approximate surface area is 176 Å². The highest BCUT2D eigenvalue weighted by Gasteiger charge is 2.34. The molecule has 4 heterocycles. The van der Waals surface area contributed by atoms with Gasteiger partial charge in [0, 0.05) is 50.3 Å². The molecule has 6 nitrogen and oxygen atoms in total. The number of likely N-dealkylation sites (tertiary alicyclic amines) is 1. The van der Waals surface area contributed by atoms with Gasteiger partial charge in [-0.3, -0.25) is 9.69 Å². The van der Waals surface area contributed by atoms with Crippen LogP contribution in [0.2, 0.25) is 0 Å². The summed E-state index contributed by atoms with van der Waals surface area (Å²) in [6.45, 7) is 5.88. The number of carbonyl (C=O) groups excluding carboxylic acids is 1. The standard InChI is InChI=1S/C22H30N4O2S/c27-21(24-12-14-29-15-13-24)17-4-3-9-26(16-17)18-7-10-25(11-8-18)22-23-19-5-1-2-6-20(19)28-22/h1-2,5-6,17-18H,3-4,7-16H2. The molecule has 156 valence electrons. The first kappa shape index (κ1) is 19.2. The highest BCUT2D eigenvalue weighted by molar-refractivity contribution is 7.99. The maximum atomic E-state index is 13.0. The number of thioether (sulfide) groups is 1. The fourth-order valence-corrected chi connectivity index (χ4v) is 5.90. The number of hydrogen-bond acceptors (Lipinski definition) is 6. The van der Waals surface area contributed by atoms with E-state index in [9.17, 15) is 4.79 Å². The van der Waals surface area contributed by atoms with Crippen molar-refractivity contribution in [1.29, 1.82) is 0 Å². The lowest BCUT2D eigenvalue weighted by molar-refractivity contribution is -0.137. The first-order valence-electron chi connectivity index (χ1n) is 11.0. The zero-order valence-electron chi connectivity index (χ0n) is 17.0. The molecule has 1 aromatic carbocycles. The summed E-state index contributed by atoms with van der Waals surface area (Å²) in [6, 6.07) is 9.28. The SMILES string of the molecule is O=C(C1CCCN(C2CCN(c3nc4ccccc4o3)CC2)C1)N1CCSCC1. The summed E-state index contributed by atoms with van der Waals surface area (Å²) in [5.74, 6) is 2.79. The minimum Gasteiger partial charge on any atom is -0.423 e. The summed E-state index contributed by atoms with van der Waals surface area (Å²) in [7, 11) is 0. The van der Waals surface area contributed by atoms with Crippen LogP contribution in [0.1, 0.15) is 25.7 Å². The number of carbonyl (C=O) groups is 1. The van der Waals surface area contributed by atoms with E-state index in [-0.39, 0.29) is 5.92 Å². The summed E-state index contributed by atoms with van der Waals surface area (Å²) >= 11 is 1.96. The second-order valence-corrected chi connectivity index (χ2v) is 9.68. The number of para-hydroxylation sites is 2. The Bertz CT molecular complexity index is 809. The molecular formula is C22H30N4O2S. The second kappa shape index (κ2) is 8.56. The van der Waals surface area contributed by atoms with Gasteiger partial charge in [0.15, 0.2) is 5.58 Å². The minimum atomic E-state index is 0.196. The van der Waals surface area contributed by atoms with Crippen molar-refractivity contribution < 1.29 is 9.21 Å². The topological polar surface area (TPSA) is 52.8 Å². The molecule has 0 saturated carbocycles. The lowest BCUT2D eigenvalue weighted by Crippen LogP contribution is -2.52. The van der Waals surface area contributed by atoms with Crippen molar-refractivity contribution in [3.8, 4) is 0 Å². The van der Waals surface area contributed by atoms with Gasteiger partial charge in [-0.15, -0.1) is 0 Å². The highest BCUT2D eigenvalue weighted by atomic mass is 32.2. The quantitative estimate of drug-likeness (QED) is 0.769. The van der Waals surface area contributed by atoms with Gasteiger partial charge >= 0.3 is 0 Å². The molecule has 1 amide bonds. The zero-order valence-corrected chi connectivity index (χ0v) is 17.8. The Morgan fingerprint density at radius 2 is 1.83 bits per heavy atom. The number of fused-ring (bicyclic) bond motifs is 1. The van der Waals surface area contributed by atoms with Gasteiger partial charge in [-0.2, -0.15) is 16.7 Å². The molecule has 0 spiro atoms. The third-order valence-corrected chi connectivity index (χ3v) is 7.60. The van der Waals surface area contributed by atoms with Gasteiger partial charge in [0.1, 0.15) is 5.52 Å². The van der Waals surface area contributed by atoms with Crippen molar-refractivity contribution in [3.63, 3.8) is 0 Å². The Balaban J connectivity index is 1.17. The molecule has 1 aromatic heterocycles. The van der Waals surface area contributed by atoms with E-state index in [0.717, 1.165) is 93.6 Å². The molecule has 1 unspecified atom stereocenters. The number of piperidine rings is 2. The first-order chi connectivity index (χ1) is 14.3. The van der Waals surface area contributed by atoms with Gasteiger partial charge in [-0.1, -0.05) is 12.1 Å². The van der Waals surface area contributed by atoms with Crippen LogP contribution in [-0.4, -0.2) is 77.5 Å². The number of hydrogen-bond donors (Lipinski definition) is 0. The molecular weight excluding hydrogens is 384 g/mol. The molecule has 0 bridgehead atoms. The van der Waals surface area contributed by atoms with Crippen molar-refractivity contribution >= 4 is 34.8 Å². The Kier molecular flexibility index (Phi) is 5.68. The first-order valence-corrected chi connectivity index (χ1v) is 12.1. The number of nitrogens with zero attached hydrogens (tertiary/aromatic N) is 4. The van der Waals surface area contributed by atoms with E-state index in [1.54, 1.807) is 0 Å². The molecule has 7 heteroatoms. The lowest BCUT2D eigenvalue weighted by Gasteiger charge is -2.42. The van der Waals surface area contributed by atoms with Gasteiger partial charge in [-0.05, 0) is 44.4 Å². The van der Waals surface area contributed by atoms with Crippen molar-refractivity contribution in [2.75, 3.05) is 55.7 Å². The van der Waals surface area contributed by atoms with Gasteiger partial charge in [0.25, 0.3) is 6.01 Å². The van der Waals surface area contributed by atoms with Gasteiger partial charge in [-0.25, -0.2) is 0 Å².